The summed E-state index contributed by atoms with van der Waals surface area (Å²) >= 11 is 5.50. The molecule has 0 aromatic rings. The summed E-state index contributed by atoms with van der Waals surface area (Å²) in [5, 5.41) is 29.8. The van der Waals surface area contributed by atoms with E-state index in [0.29, 0.717) is 0 Å². The first-order chi connectivity index (χ1) is 8.30. The summed E-state index contributed by atoms with van der Waals surface area (Å²) in [6, 6.07) is 0. The summed E-state index contributed by atoms with van der Waals surface area (Å²) in [6.45, 7) is 0. The predicted molar refractivity (Wildman–Crippen MR) is 65.3 cm³/mol. The summed E-state index contributed by atoms with van der Waals surface area (Å²) < 4.78 is -3.10. The van der Waals surface area contributed by atoms with E-state index >= 15 is 0 Å². The number of carboxylic acids is 2. The summed E-state index contributed by atoms with van der Waals surface area (Å²) in [5.74, 6) is -2.33. The molecule has 2 N–H and O–H groups in total. The quantitative estimate of drug-likeness (QED) is 0.370. The fourth-order valence-corrected chi connectivity index (χ4v) is 1.02. The van der Waals surface area contributed by atoms with E-state index in [2.05, 4.69) is 62.3 Å². The maximum absolute atomic E-state index is 10.2. The fourth-order valence-electron chi connectivity index (χ4n) is 0.657. The van der Waals surface area contributed by atoms with Crippen molar-refractivity contribution < 1.29 is 39.3 Å². The van der Waals surface area contributed by atoms with Gasteiger partial charge < -0.3 is 10.2 Å². The molecule has 2 unspecified atom stereocenters. The third-order valence-corrected chi connectivity index (χ3v) is 2.89. The van der Waals surface area contributed by atoms with Crippen LogP contribution < -0.4 is 0 Å². The molecule has 98 valence electrons. The van der Waals surface area contributed by atoms with E-state index in [4.69, 9.17) is 10.2 Å². The van der Waals surface area contributed by atoms with Crippen LogP contribution in [0, 0.1) is 0 Å². The van der Waals surface area contributed by atoms with Crippen molar-refractivity contribution in [1.29, 1.82) is 0 Å². The molecular weight excluding hydrogens is 445 g/mol. The third kappa shape index (κ3) is 4.58. The van der Waals surface area contributed by atoms with E-state index in [0.717, 1.165) is 12.7 Å². The Bertz CT molecular complexity index is 424. The van der Waals surface area contributed by atoms with Crippen LogP contribution in [0.4, 0.5) is 0 Å². The zero-order valence-electron chi connectivity index (χ0n) is 9.01. The molecule has 0 spiro atoms. The van der Waals surface area contributed by atoms with Crippen molar-refractivity contribution in [1.82, 2.24) is 0 Å². The largest absolute Gasteiger partial charge is 0.477 e. The molecule has 0 fully saturated rings. The molecule has 0 aromatic heterocycles. The van der Waals surface area contributed by atoms with Gasteiger partial charge in [-0.1, -0.05) is 0 Å². The number of rotatable bonds is 2. The topological polar surface area (TPSA) is 149 Å². The van der Waals surface area contributed by atoms with Crippen molar-refractivity contribution in [3.63, 3.8) is 0 Å². The molecule has 13 heteroatoms. The van der Waals surface area contributed by atoms with Crippen LogP contribution in [0.25, 0.3) is 0 Å². The fraction of sp³-hybridized carbons (Fsp3) is 0.333. The smallest absolute Gasteiger partial charge is 0.368 e. The number of aliphatic carboxylic acids is 2. The van der Waals surface area contributed by atoms with Crippen LogP contribution in [-0.4, -0.2) is 44.0 Å². The van der Waals surface area contributed by atoms with E-state index in [1.807, 2.05) is 0 Å². The predicted octanol–water partition coefficient (Wildman–Crippen LogP) is 1.23. The van der Waals surface area contributed by atoms with Crippen molar-refractivity contribution >= 4 is 56.5 Å². The van der Waals surface area contributed by atoms with Gasteiger partial charge in [-0.05, 0) is 31.9 Å². The zero-order valence-corrected chi connectivity index (χ0v) is 15.2. The van der Waals surface area contributed by atoms with Gasteiger partial charge in [-0.15, -0.1) is 20.5 Å². The molecular formula is C6H4Br2N6O4Zn. The van der Waals surface area contributed by atoms with Gasteiger partial charge in [0.05, 0.1) is 0 Å². The number of halogens is 2. The van der Waals surface area contributed by atoms with Gasteiger partial charge >= 0.3 is 21.1 Å². The van der Waals surface area contributed by atoms with Crippen LogP contribution in [0.1, 0.15) is 0 Å². The molecule has 2 rings (SSSR count). The van der Waals surface area contributed by atoms with Crippen LogP contribution >= 0.6 is 31.9 Å². The first-order valence-corrected chi connectivity index (χ1v) is 5.65. The first-order valence-electron chi connectivity index (χ1n) is 4.06. The van der Waals surface area contributed by atoms with Crippen molar-refractivity contribution in [3.8, 4) is 0 Å². The average Bonchev–Trinajstić information content (AvgIpc) is 2.90. The number of nitrogens with zero attached hydrogens (tertiary/aromatic N) is 6. The number of carboxylic acid groups (broad SMARTS) is 2. The molecule has 2 aliphatic rings. The van der Waals surface area contributed by atoms with Gasteiger partial charge in [0, 0.05) is 19.5 Å². The standard InChI is InChI=1S/2C3H2BrN3O2.Zn/c2*4-3(2(8)9)5-1-6-7-3;/h2*1H,(H,8,9);. The Kier molecular flexibility index (Phi) is 6.66. The Hall–Kier alpha value is -0.937. The van der Waals surface area contributed by atoms with Gasteiger partial charge in [0.1, 0.15) is 12.7 Å². The Morgan fingerprint density at radius 1 is 0.895 bits per heavy atom. The second kappa shape index (κ2) is 7.01. The van der Waals surface area contributed by atoms with Gasteiger partial charge in [-0.3, -0.25) is 0 Å². The Labute approximate surface area is 135 Å². The molecule has 19 heavy (non-hydrogen) atoms. The molecule has 0 aromatic carbocycles. The van der Waals surface area contributed by atoms with Gasteiger partial charge in [0.25, 0.3) is 0 Å². The maximum atomic E-state index is 10.2. The van der Waals surface area contributed by atoms with E-state index < -0.39 is 21.1 Å². The summed E-state index contributed by atoms with van der Waals surface area (Å²) in [6.07, 6.45) is 2.17. The molecule has 0 saturated carbocycles. The van der Waals surface area contributed by atoms with Crippen molar-refractivity contribution in [2.24, 2.45) is 30.4 Å². The number of hydrogen-bond acceptors (Lipinski definition) is 8. The Morgan fingerprint density at radius 3 is 1.32 bits per heavy atom. The van der Waals surface area contributed by atoms with Crippen molar-refractivity contribution in [2.45, 2.75) is 9.14 Å². The number of aliphatic imine (C=N–C) groups is 2. The SMILES string of the molecule is O=C(O)C1(Br)N=CN=N1.O=C(O)C1(Br)N=CN=N1.[Zn]. The number of azo groups is 2. The van der Waals surface area contributed by atoms with E-state index in [1.54, 1.807) is 0 Å². The van der Waals surface area contributed by atoms with E-state index in [-0.39, 0.29) is 19.5 Å². The molecule has 0 bridgehead atoms. The second-order valence-electron chi connectivity index (χ2n) is 2.70. The number of alkyl halides is 2. The minimum atomic E-state index is -1.55. The van der Waals surface area contributed by atoms with Crippen LogP contribution in [0.2, 0.25) is 0 Å². The monoisotopic (exact) mass is 446 g/mol. The third-order valence-electron chi connectivity index (χ3n) is 1.49. The molecule has 0 aliphatic carbocycles. The molecule has 2 aliphatic heterocycles. The summed E-state index contributed by atoms with van der Waals surface area (Å²) in [5.41, 5.74) is 0. The van der Waals surface area contributed by atoms with E-state index in [9.17, 15) is 9.59 Å². The van der Waals surface area contributed by atoms with Gasteiger partial charge in [-0.2, -0.15) is 0 Å². The maximum Gasteiger partial charge on any atom is 0.368 e. The minimum absolute atomic E-state index is 0. The van der Waals surface area contributed by atoms with Crippen molar-refractivity contribution in [2.75, 3.05) is 0 Å². The first kappa shape index (κ1) is 18.1. The molecule has 2 atom stereocenters. The van der Waals surface area contributed by atoms with Gasteiger partial charge in [-0.25, -0.2) is 19.6 Å². The zero-order chi connectivity index (χ0) is 13.8. The molecule has 0 amide bonds. The van der Waals surface area contributed by atoms with Gasteiger partial charge in [0.2, 0.25) is 0 Å². The molecule has 0 saturated heterocycles. The van der Waals surface area contributed by atoms with E-state index in [1.165, 1.54) is 0 Å². The second-order valence-corrected chi connectivity index (χ2v) is 4.92. The summed E-state index contributed by atoms with van der Waals surface area (Å²) in [4.78, 5) is 27.3. The number of hydrogen-bond donors (Lipinski definition) is 2. The summed E-state index contributed by atoms with van der Waals surface area (Å²) in [7, 11) is 0. The van der Waals surface area contributed by atoms with Crippen molar-refractivity contribution in [3.05, 3.63) is 0 Å². The van der Waals surface area contributed by atoms with Crippen LogP contribution in [0.3, 0.4) is 0 Å². The normalized spacial score (nSPS) is 29.6. The van der Waals surface area contributed by atoms with Crippen LogP contribution in [-0.2, 0) is 29.1 Å². The number of carbonyl (C=O) groups is 2. The van der Waals surface area contributed by atoms with Gasteiger partial charge in [0.15, 0.2) is 0 Å². The van der Waals surface area contributed by atoms with Crippen LogP contribution in [0.5, 0.6) is 0 Å². The Morgan fingerprint density at radius 2 is 1.21 bits per heavy atom. The van der Waals surface area contributed by atoms with Crippen LogP contribution in [0.15, 0.2) is 30.4 Å². The minimum Gasteiger partial charge on any atom is -0.477 e. The molecule has 0 radical (unpaired) electrons. The average molecular weight is 449 g/mol. The molecule has 2 heterocycles. The molecule has 10 nitrogen and oxygen atoms in total. The Balaban J connectivity index is 0.000000324.